The Morgan fingerprint density at radius 1 is 1.18 bits per heavy atom. The van der Waals surface area contributed by atoms with Gasteiger partial charge in [0.05, 0.1) is 0 Å². The number of nitrogens with zero attached hydrogens (tertiary/aromatic N) is 1. The summed E-state index contributed by atoms with van der Waals surface area (Å²) in [4.78, 5) is 2.15. The molecule has 1 fully saturated rings. The molecule has 1 heterocycles. The minimum Gasteiger partial charge on any atom is -0.329 e. The molecule has 1 aromatic rings. The third-order valence-corrected chi connectivity index (χ3v) is 3.37. The summed E-state index contributed by atoms with van der Waals surface area (Å²) in [7, 11) is 0. The van der Waals surface area contributed by atoms with E-state index in [1.165, 1.54) is 18.6 Å². The number of nitrogens with two attached hydrogens (primary N) is 1. The van der Waals surface area contributed by atoms with Gasteiger partial charge in [-0.05, 0) is 44.1 Å². The second kappa shape index (κ2) is 5.56. The van der Waals surface area contributed by atoms with E-state index in [4.69, 9.17) is 5.73 Å². The van der Waals surface area contributed by atoms with Gasteiger partial charge in [-0.3, -0.25) is 4.90 Å². The quantitative estimate of drug-likeness (QED) is 0.879. The second-order valence-electron chi connectivity index (χ2n) is 4.51. The lowest BCUT2D eigenvalue weighted by Gasteiger charge is -2.34. The molecule has 1 aliphatic heterocycles. The molecule has 1 saturated heterocycles. The molecule has 1 aromatic carbocycles. The summed E-state index contributed by atoms with van der Waals surface area (Å²) in [6, 6.07) is 3.38. The van der Waals surface area contributed by atoms with Crippen molar-refractivity contribution in [1.29, 1.82) is 0 Å². The molecular formula is C13H18F2N2. The monoisotopic (exact) mass is 240 g/mol. The summed E-state index contributed by atoms with van der Waals surface area (Å²) in [5.41, 5.74) is 6.11. The molecule has 0 bridgehead atoms. The molecule has 4 heteroatoms. The smallest absolute Gasteiger partial charge is 0.128 e. The lowest BCUT2D eigenvalue weighted by molar-refractivity contribution is 0.164. The van der Waals surface area contributed by atoms with Gasteiger partial charge >= 0.3 is 0 Å². The number of hydrogen-bond donors (Lipinski definition) is 1. The molecule has 1 aliphatic rings. The van der Waals surface area contributed by atoms with Crippen LogP contribution in [0, 0.1) is 11.6 Å². The number of piperidine rings is 1. The van der Waals surface area contributed by atoms with E-state index in [1.807, 2.05) is 0 Å². The van der Waals surface area contributed by atoms with Crippen molar-refractivity contribution in [2.45, 2.75) is 25.3 Å². The highest BCUT2D eigenvalue weighted by Gasteiger charge is 2.23. The minimum atomic E-state index is -0.406. The Balaban J connectivity index is 2.24. The number of rotatable bonds is 3. The normalized spacial score (nSPS) is 19.2. The van der Waals surface area contributed by atoms with Gasteiger partial charge in [0, 0.05) is 18.2 Å². The maximum absolute atomic E-state index is 13.7. The maximum atomic E-state index is 13.7. The van der Waals surface area contributed by atoms with E-state index in [1.54, 1.807) is 0 Å². The first-order chi connectivity index (χ1) is 8.22. The Kier molecular flexibility index (Phi) is 4.07. The van der Waals surface area contributed by atoms with Crippen LogP contribution in [0.4, 0.5) is 8.78 Å². The largest absolute Gasteiger partial charge is 0.329 e. The van der Waals surface area contributed by atoms with Gasteiger partial charge in [0.15, 0.2) is 0 Å². The van der Waals surface area contributed by atoms with Crippen molar-refractivity contribution in [1.82, 2.24) is 4.90 Å². The first-order valence-electron chi connectivity index (χ1n) is 6.11. The zero-order valence-corrected chi connectivity index (χ0v) is 9.83. The van der Waals surface area contributed by atoms with E-state index in [2.05, 4.69) is 4.90 Å². The predicted molar refractivity (Wildman–Crippen MR) is 63.6 cm³/mol. The number of hydrogen-bond acceptors (Lipinski definition) is 2. The molecule has 0 radical (unpaired) electrons. The van der Waals surface area contributed by atoms with Crippen molar-refractivity contribution in [3.8, 4) is 0 Å². The predicted octanol–water partition coefficient (Wildman–Crippen LogP) is 2.45. The van der Waals surface area contributed by atoms with Crippen LogP contribution in [0.15, 0.2) is 18.2 Å². The van der Waals surface area contributed by atoms with Gasteiger partial charge in [0.25, 0.3) is 0 Å². The number of likely N-dealkylation sites (tertiary alicyclic amines) is 1. The van der Waals surface area contributed by atoms with E-state index < -0.39 is 5.82 Å². The second-order valence-corrected chi connectivity index (χ2v) is 4.51. The molecule has 1 unspecified atom stereocenters. The topological polar surface area (TPSA) is 29.3 Å². The van der Waals surface area contributed by atoms with Crippen LogP contribution in [0.5, 0.6) is 0 Å². The van der Waals surface area contributed by atoms with Crippen LogP contribution in [-0.2, 0) is 0 Å². The van der Waals surface area contributed by atoms with Gasteiger partial charge in [0.2, 0.25) is 0 Å². The third kappa shape index (κ3) is 2.82. The van der Waals surface area contributed by atoms with E-state index in [0.717, 1.165) is 32.0 Å². The summed E-state index contributed by atoms with van der Waals surface area (Å²) >= 11 is 0. The molecular weight excluding hydrogens is 222 g/mol. The Morgan fingerprint density at radius 2 is 1.88 bits per heavy atom. The highest BCUT2D eigenvalue weighted by atomic mass is 19.1. The Morgan fingerprint density at radius 3 is 2.53 bits per heavy atom. The first-order valence-corrected chi connectivity index (χ1v) is 6.11. The van der Waals surface area contributed by atoms with Crippen molar-refractivity contribution in [3.05, 3.63) is 35.4 Å². The van der Waals surface area contributed by atoms with Crippen molar-refractivity contribution in [2.75, 3.05) is 19.6 Å². The maximum Gasteiger partial charge on any atom is 0.128 e. The first kappa shape index (κ1) is 12.5. The third-order valence-electron chi connectivity index (χ3n) is 3.37. The fourth-order valence-electron chi connectivity index (χ4n) is 2.47. The van der Waals surface area contributed by atoms with Crippen LogP contribution in [0.1, 0.15) is 30.9 Å². The molecule has 1 atom stereocenters. The molecule has 2 N–H and O–H groups in total. The van der Waals surface area contributed by atoms with Crippen LogP contribution in [0.25, 0.3) is 0 Å². The molecule has 2 nitrogen and oxygen atoms in total. The van der Waals surface area contributed by atoms with Crippen molar-refractivity contribution in [2.24, 2.45) is 5.73 Å². The Hall–Kier alpha value is -1.00. The van der Waals surface area contributed by atoms with Crippen LogP contribution in [0.3, 0.4) is 0 Å². The van der Waals surface area contributed by atoms with Gasteiger partial charge in [-0.15, -0.1) is 0 Å². The summed E-state index contributed by atoms with van der Waals surface area (Å²) < 4.78 is 26.9. The molecule has 0 spiro atoms. The molecule has 94 valence electrons. The van der Waals surface area contributed by atoms with Gasteiger partial charge in [-0.1, -0.05) is 6.42 Å². The van der Waals surface area contributed by atoms with Gasteiger partial charge in [-0.25, -0.2) is 8.78 Å². The summed E-state index contributed by atoms with van der Waals surface area (Å²) in [5, 5.41) is 0. The van der Waals surface area contributed by atoms with Crippen molar-refractivity contribution in [3.63, 3.8) is 0 Å². The van der Waals surface area contributed by atoms with Crippen molar-refractivity contribution < 1.29 is 8.78 Å². The molecule has 0 aromatic heterocycles. The molecule has 0 saturated carbocycles. The van der Waals surface area contributed by atoms with E-state index in [9.17, 15) is 8.78 Å². The SMILES string of the molecule is NCC(c1cc(F)ccc1F)N1CCCCC1. The van der Waals surface area contributed by atoms with Crippen molar-refractivity contribution >= 4 is 0 Å². The number of benzene rings is 1. The van der Waals surface area contributed by atoms with E-state index in [0.29, 0.717) is 12.1 Å². The minimum absolute atomic E-state index is 0.203. The van der Waals surface area contributed by atoms with Crippen LogP contribution >= 0.6 is 0 Å². The molecule has 0 amide bonds. The fourth-order valence-corrected chi connectivity index (χ4v) is 2.47. The Labute approximate surface area is 100 Å². The van der Waals surface area contributed by atoms with E-state index in [-0.39, 0.29) is 11.9 Å². The highest BCUT2D eigenvalue weighted by molar-refractivity contribution is 5.23. The van der Waals surface area contributed by atoms with Crippen LogP contribution < -0.4 is 5.73 Å². The van der Waals surface area contributed by atoms with Crippen LogP contribution in [-0.4, -0.2) is 24.5 Å². The lowest BCUT2D eigenvalue weighted by atomic mass is 10.0. The fraction of sp³-hybridized carbons (Fsp3) is 0.538. The lowest BCUT2D eigenvalue weighted by Crippen LogP contribution is -2.38. The summed E-state index contributed by atoms with van der Waals surface area (Å²) in [5.74, 6) is -0.774. The summed E-state index contributed by atoms with van der Waals surface area (Å²) in [6.07, 6.45) is 3.42. The average Bonchev–Trinajstić information content (AvgIpc) is 2.36. The van der Waals surface area contributed by atoms with Crippen LogP contribution in [0.2, 0.25) is 0 Å². The standard InChI is InChI=1S/C13H18F2N2/c14-10-4-5-12(15)11(8-10)13(9-16)17-6-2-1-3-7-17/h4-5,8,13H,1-3,6-7,9,16H2. The Bertz CT molecular complexity index is 376. The summed E-state index contributed by atoms with van der Waals surface area (Å²) in [6.45, 7) is 2.15. The zero-order valence-electron chi connectivity index (χ0n) is 9.83. The van der Waals surface area contributed by atoms with E-state index >= 15 is 0 Å². The number of halogens is 2. The van der Waals surface area contributed by atoms with Gasteiger partial charge < -0.3 is 5.73 Å². The average molecular weight is 240 g/mol. The molecule has 2 rings (SSSR count). The van der Waals surface area contributed by atoms with Gasteiger partial charge in [-0.2, -0.15) is 0 Å². The molecule has 17 heavy (non-hydrogen) atoms. The zero-order chi connectivity index (χ0) is 12.3. The van der Waals surface area contributed by atoms with Gasteiger partial charge in [0.1, 0.15) is 11.6 Å². The highest BCUT2D eigenvalue weighted by Crippen LogP contribution is 2.26. The molecule has 0 aliphatic carbocycles.